The van der Waals surface area contributed by atoms with Gasteiger partial charge in [-0.05, 0) is 61.5 Å². The summed E-state index contributed by atoms with van der Waals surface area (Å²) in [6.45, 7) is 1.71. The number of hydrogen-bond acceptors (Lipinski definition) is 10. The Hall–Kier alpha value is -5.92. The summed E-state index contributed by atoms with van der Waals surface area (Å²) in [5, 5.41) is 18.0. The van der Waals surface area contributed by atoms with Gasteiger partial charge in [0.15, 0.2) is 23.0 Å². The second-order valence-electron chi connectivity index (χ2n) is 9.40. The van der Waals surface area contributed by atoms with Crippen LogP contribution < -0.4 is 24.7 Å². The molecule has 4 rings (SSSR count). The number of halogens is 2. The van der Waals surface area contributed by atoms with Crippen molar-refractivity contribution >= 4 is 17.7 Å². The van der Waals surface area contributed by atoms with E-state index in [1.807, 2.05) is 0 Å². The summed E-state index contributed by atoms with van der Waals surface area (Å²) in [6.07, 6.45) is 0. The van der Waals surface area contributed by atoms with E-state index in [1.54, 1.807) is 21.0 Å². The van der Waals surface area contributed by atoms with Gasteiger partial charge in [0.1, 0.15) is 11.6 Å². The monoisotopic (exact) mass is 622 g/mol. The lowest BCUT2D eigenvalue weighted by molar-refractivity contribution is 0.0525. The highest BCUT2D eigenvalue weighted by molar-refractivity contribution is 5.95. The molecule has 4 N–H and O–H groups in total. The molecular weight excluding hydrogens is 594 g/mol. The molecule has 0 radical (unpaired) electrons. The minimum Gasteiger partial charge on any atom is -0.504 e. The number of nitrogens with one attached hydrogen (secondary N) is 1. The zero-order chi connectivity index (χ0) is 32.8. The van der Waals surface area contributed by atoms with Gasteiger partial charge in [-0.3, -0.25) is 10.2 Å². The molecule has 0 fully saturated rings. The summed E-state index contributed by atoms with van der Waals surface area (Å²) in [5.41, 5.74) is 5.85. The predicted molar refractivity (Wildman–Crippen MR) is 157 cm³/mol. The smallest absolute Gasteiger partial charge is 0.338 e. The number of aromatic nitrogens is 1. The highest BCUT2D eigenvalue weighted by Crippen LogP contribution is 2.43. The van der Waals surface area contributed by atoms with Crippen LogP contribution in [0.25, 0.3) is 0 Å². The highest BCUT2D eigenvalue weighted by atomic mass is 19.1. The first-order chi connectivity index (χ1) is 21.4. The number of rotatable bonds is 11. The van der Waals surface area contributed by atoms with Crippen LogP contribution in [-0.2, 0) is 4.74 Å². The summed E-state index contributed by atoms with van der Waals surface area (Å²) in [6, 6.07) is 13.2. The maximum atomic E-state index is 15.9. The Kier molecular flexibility index (Phi) is 9.66. The maximum Gasteiger partial charge on any atom is 0.338 e. The van der Waals surface area contributed by atoms with E-state index in [-0.39, 0.29) is 46.5 Å². The number of carbonyl (C=O) groups excluding carboxylic acids is 2. The number of nitrogen functional groups attached to an aromatic ring is 1. The quantitative estimate of drug-likeness (QED) is 0.109. The largest absolute Gasteiger partial charge is 0.504 e. The summed E-state index contributed by atoms with van der Waals surface area (Å²) in [4.78, 5) is 30.0. The van der Waals surface area contributed by atoms with Crippen molar-refractivity contribution < 1.29 is 47.2 Å². The van der Waals surface area contributed by atoms with E-state index in [9.17, 15) is 14.7 Å². The van der Waals surface area contributed by atoms with E-state index in [1.165, 1.54) is 60.5 Å². The van der Waals surface area contributed by atoms with Crippen LogP contribution in [0, 0.1) is 17.0 Å². The molecule has 0 unspecified atom stereocenters. The molecule has 1 aromatic heterocycles. The standard InChI is InChI=1S/C31H28F2N4O8/c1-5-42-31(40)18-10-12-21(41-4)23(15-18)45-29-25(33)26(44-22-14-16(27(34)35)9-11-20(22)38)24(32)28(36-29)43-19-8-6-7-17(13-19)30(39)37(2)3/h6-15,38H,5H2,1-4H3,(H3,34,35). The SMILES string of the molecule is CCOC(=O)c1ccc(OC)c(Oc2nc(Oc3cccc(C(=O)N(C)C)c3)c(F)c(Oc3cc(C(=N)N)ccc3O)c2F)c1. The molecule has 1 amide bonds. The molecule has 0 saturated heterocycles. The Bertz CT molecular complexity index is 1780. The Labute approximate surface area is 256 Å². The van der Waals surface area contributed by atoms with Crippen molar-refractivity contribution in [2.24, 2.45) is 5.73 Å². The molecular formula is C31H28F2N4O8. The number of amides is 1. The molecule has 0 spiro atoms. The minimum absolute atomic E-state index is 0.0384. The Balaban J connectivity index is 1.86. The molecule has 0 atom stereocenters. The summed E-state index contributed by atoms with van der Waals surface area (Å²) >= 11 is 0. The third-order valence-electron chi connectivity index (χ3n) is 6.04. The van der Waals surface area contributed by atoms with Crippen molar-refractivity contribution in [3.8, 4) is 46.3 Å². The molecule has 3 aromatic carbocycles. The number of carbonyl (C=O) groups is 2. The second-order valence-corrected chi connectivity index (χ2v) is 9.40. The number of nitrogens with two attached hydrogens (primary N) is 1. The first kappa shape index (κ1) is 32.0. The number of phenols is 1. The van der Waals surface area contributed by atoms with Gasteiger partial charge in [-0.2, -0.15) is 13.8 Å². The average molecular weight is 623 g/mol. The molecule has 0 saturated carbocycles. The zero-order valence-electron chi connectivity index (χ0n) is 24.5. The van der Waals surface area contributed by atoms with Crippen molar-refractivity contribution in [2.75, 3.05) is 27.8 Å². The average Bonchev–Trinajstić information content (AvgIpc) is 3.02. The molecule has 0 aliphatic rings. The number of hydrogen-bond donors (Lipinski definition) is 3. The van der Waals surface area contributed by atoms with Gasteiger partial charge in [-0.25, -0.2) is 4.79 Å². The number of phenolic OH excluding ortho intramolecular Hbond substituents is 1. The van der Waals surface area contributed by atoms with Crippen molar-refractivity contribution in [3.63, 3.8) is 0 Å². The number of methoxy groups -OCH3 is 1. The van der Waals surface area contributed by atoms with E-state index in [4.69, 9.17) is 34.8 Å². The molecule has 1 heterocycles. The number of aromatic hydroxyl groups is 1. The van der Waals surface area contributed by atoms with Gasteiger partial charge in [0.25, 0.3) is 17.7 Å². The fourth-order valence-corrected chi connectivity index (χ4v) is 3.84. The van der Waals surface area contributed by atoms with E-state index in [0.29, 0.717) is 0 Å². The van der Waals surface area contributed by atoms with Crippen molar-refractivity contribution in [2.45, 2.75) is 6.92 Å². The van der Waals surface area contributed by atoms with E-state index < -0.39 is 52.4 Å². The summed E-state index contributed by atoms with van der Waals surface area (Å²) < 4.78 is 58.9. The molecule has 12 nitrogen and oxygen atoms in total. The lowest BCUT2D eigenvalue weighted by Gasteiger charge is -2.17. The van der Waals surface area contributed by atoms with Crippen LogP contribution in [0.2, 0.25) is 0 Å². The van der Waals surface area contributed by atoms with Gasteiger partial charge < -0.3 is 39.4 Å². The van der Waals surface area contributed by atoms with Gasteiger partial charge in [0, 0.05) is 25.2 Å². The summed E-state index contributed by atoms with van der Waals surface area (Å²) in [5.74, 6) is -8.34. The highest BCUT2D eigenvalue weighted by Gasteiger charge is 2.28. The summed E-state index contributed by atoms with van der Waals surface area (Å²) in [7, 11) is 4.40. The number of esters is 1. The number of nitrogens with zero attached hydrogens (tertiary/aromatic N) is 2. The third kappa shape index (κ3) is 7.18. The minimum atomic E-state index is -1.47. The van der Waals surface area contributed by atoms with Crippen LogP contribution in [0.4, 0.5) is 8.78 Å². The van der Waals surface area contributed by atoms with Gasteiger partial charge in [-0.15, -0.1) is 0 Å². The fourth-order valence-electron chi connectivity index (χ4n) is 3.84. The molecule has 45 heavy (non-hydrogen) atoms. The van der Waals surface area contributed by atoms with E-state index in [0.717, 1.165) is 12.1 Å². The Morgan fingerprint density at radius 2 is 1.56 bits per heavy atom. The first-order valence-electron chi connectivity index (χ1n) is 13.2. The van der Waals surface area contributed by atoms with Crippen LogP contribution in [0.5, 0.6) is 46.3 Å². The zero-order valence-corrected chi connectivity index (χ0v) is 24.5. The topological polar surface area (TPSA) is 167 Å². The second kappa shape index (κ2) is 13.6. The van der Waals surface area contributed by atoms with Gasteiger partial charge in [0.05, 0.1) is 19.3 Å². The molecule has 0 aliphatic heterocycles. The van der Waals surface area contributed by atoms with Crippen LogP contribution in [-0.4, -0.2) is 60.5 Å². The Morgan fingerprint density at radius 1 is 0.889 bits per heavy atom. The first-order valence-corrected chi connectivity index (χ1v) is 13.2. The Morgan fingerprint density at radius 3 is 2.20 bits per heavy atom. The van der Waals surface area contributed by atoms with Crippen molar-refractivity contribution in [1.82, 2.24) is 9.88 Å². The van der Waals surface area contributed by atoms with Crippen LogP contribution in [0.15, 0.2) is 60.7 Å². The molecule has 0 bridgehead atoms. The lowest BCUT2D eigenvalue weighted by atomic mass is 10.2. The normalized spacial score (nSPS) is 10.5. The lowest BCUT2D eigenvalue weighted by Crippen LogP contribution is -2.21. The molecule has 14 heteroatoms. The number of benzene rings is 3. The van der Waals surface area contributed by atoms with E-state index >= 15 is 8.78 Å². The third-order valence-corrected chi connectivity index (χ3v) is 6.04. The van der Waals surface area contributed by atoms with Crippen LogP contribution >= 0.6 is 0 Å². The van der Waals surface area contributed by atoms with Crippen molar-refractivity contribution in [1.29, 1.82) is 5.41 Å². The predicted octanol–water partition coefficient (Wildman–Crippen LogP) is 5.61. The molecule has 4 aromatic rings. The van der Waals surface area contributed by atoms with Crippen LogP contribution in [0.3, 0.4) is 0 Å². The number of pyridine rings is 1. The van der Waals surface area contributed by atoms with Crippen molar-refractivity contribution in [3.05, 3.63) is 89.0 Å². The van der Waals surface area contributed by atoms with Gasteiger partial charge in [-0.1, -0.05) is 6.07 Å². The number of ether oxygens (including phenoxy) is 5. The molecule has 234 valence electrons. The van der Waals surface area contributed by atoms with Gasteiger partial charge >= 0.3 is 5.97 Å². The van der Waals surface area contributed by atoms with Crippen LogP contribution in [0.1, 0.15) is 33.2 Å². The maximum absolute atomic E-state index is 15.9. The number of amidine groups is 1. The fraction of sp³-hybridized carbons (Fsp3) is 0.161. The van der Waals surface area contributed by atoms with Gasteiger partial charge in [0.2, 0.25) is 17.4 Å². The van der Waals surface area contributed by atoms with E-state index in [2.05, 4.69) is 4.98 Å². The molecule has 0 aliphatic carbocycles.